The molecule has 0 aliphatic carbocycles. The molecule has 3 aromatic rings. The molecule has 0 aliphatic heterocycles. The summed E-state index contributed by atoms with van der Waals surface area (Å²) in [4.78, 5) is 15.0. The molecule has 0 radical (unpaired) electrons. The van der Waals surface area contributed by atoms with Gasteiger partial charge < -0.3 is 14.6 Å². The van der Waals surface area contributed by atoms with Crippen LogP contribution in [0.25, 0.3) is 6.08 Å². The quantitative estimate of drug-likeness (QED) is 0.559. The van der Waals surface area contributed by atoms with Crippen LogP contribution in [0.1, 0.15) is 27.8 Å². The zero-order valence-electron chi connectivity index (χ0n) is 16.6. The van der Waals surface area contributed by atoms with E-state index >= 15 is 0 Å². The second-order valence-corrected chi connectivity index (χ2v) is 6.69. The molecule has 0 bridgehead atoms. The lowest BCUT2D eigenvalue weighted by molar-refractivity contribution is -0.131. The highest BCUT2D eigenvalue weighted by atomic mass is 16.5. The van der Waals surface area contributed by atoms with Crippen molar-refractivity contribution in [2.24, 2.45) is 0 Å². The molecule has 6 heteroatoms. The first-order valence-electron chi connectivity index (χ1n) is 9.22. The van der Waals surface area contributed by atoms with E-state index in [0.717, 1.165) is 28.3 Å². The van der Waals surface area contributed by atoms with Gasteiger partial charge in [-0.3, -0.25) is 0 Å². The summed E-state index contributed by atoms with van der Waals surface area (Å²) < 4.78 is 11.6. The van der Waals surface area contributed by atoms with Gasteiger partial charge in [0.25, 0.3) is 0 Å². The number of nitrogens with zero attached hydrogens (tertiary/aromatic N) is 2. The molecular weight excluding hydrogens is 380 g/mol. The predicted octanol–water partition coefficient (Wildman–Crippen LogP) is 5.04. The van der Waals surface area contributed by atoms with Crippen molar-refractivity contribution in [1.29, 1.82) is 5.26 Å². The molecule has 0 saturated heterocycles. The summed E-state index contributed by atoms with van der Waals surface area (Å²) in [6.45, 7) is 4.17. The lowest BCUT2D eigenvalue weighted by Crippen LogP contribution is -1.97. The largest absolute Gasteiger partial charge is 0.487 e. The van der Waals surface area contributed by atoms with Crippen LogP contribution in [0.15, 0.2) is 60.8 Å². The van der Waals surface area contributed by atoms with Crippen LogP contribution in [0, 0.1) is 25.2 Å². The van der Waals surface area contributed by atoms with E-state index in [1.165, 1.54) is 0 Å². The monoisotopic (exact) mass is 400 g/mol. The van der Waals surface area contributed by atoms with Crippen LogP contribution in [0.5, 0.6) is 17.4 Å². The number of aromatic nitrogens is 1. The molecule has 1 N–H and O–H groups in total. The average Bonchev–Trinajstić information content (AvgIpc) is 2.74. The van der Waals surface area contributed by atoms with E-state index in [1.807, 2.05) is 38.1 Å². The van der Waals surface area contributed by atoms with Gasteiger partial charge in [-0.2, -0.15) is 5.26 Å². The first-order valence-corrected chi connectivity index (χ1v) is 9.22. The third-order valence-corrected chi connectivity index (χ3v) is 4.31. The standard InChI is InChI=1S/C24H20N2O4/c1-16-11-20(7-10-23(27)28)12-17(2)24(16)30-22-9-8-21(14-26-22)29-15-19-5-3-18(13-25)4-6-19/h3-12,14H,15H2,1-2H3,(H,27,28). The summed E-state index contributed by atoms with van der Waals surface area (Å²) in [5.74, 6) is 0.729. The summed E-state index contributed by atoms with van der Waals surface area (Å²) in [7, 11) is 0. The van der Waals surface area contributed by atoms with Gasteiger partial charge in [-0.1, -0.05) is 12.1 Å². The summed E-state index contributed by atoms with van der Waals surface area (Å²) in [6, 6.07) is 16.5. The Kier molecular flexibility index (Phi) is 6.46. The lowest BCUT2D eigenvalue weighted by atomic mass is 10.1. The average molecular weight is 400 g/mol. The minimum atomic E-state index is -0.990. The summed E-state index contributed by atoms with van der Waals surface area (Å²) in [5.41, 5.74) is 4.11. The number of hydrogen-bond acceptors (Lipinski definition) is 5. The number of hydrogen-bond donors (Lipinski definition) is 1. The maximum Gasteiger partial charge on any atom is 0.328 e. The van der Waals surface area contributed by atoms with Crippen LogP contribution in [-0.4, -0.2) is 16.1 Å². The molecule has 0 aliphatic rings. The molecule has 0 amide bonds. The number of benzene rings is 2. The SMILES string of the molecule is Cc1cc(C=CC(=O)O)cc(C)c1Oc1ccc(OCc2ccc(C#N)cc2)cn1. The van der Waals surface area contributed by atoms with Gasteiger partial charge in [0.05, 0.1) is 17.8 Å². The summed E-state index contributed by atoms with van der Waals surface area (Å²) in [6.07, 6.45) is 4.24. The Balaban J connectivity index is 1.65. The van der Waals surface area contributed by atoms with E-state index < -0.39 is 5.97 Å². The third-order valence-electron chi connectivity index (χ3n) is 4.31. The molecule has 6 nitrogen and oxygen atoms in total. The van der Waals surface area contributed by atoms with Gasteiger partial charge >= 0.3 is 5.97 Å². The maximum atomic E-state index is 10.7. The Hall–Kier alpha value is -4.11. The predicted molar refractivity (Wildman–Crippen MR) is 112 cm³/mol. The highest BCUT2D eigenvalue weighted by molar-refractivity contribution is 5.85. The number of carboxylic acid groups (broad SMARTS) is 1. The fourth-order valence-corrected chi connectivity index (χ4v) is 2.87. The van der Waals surface area contributed by atoms with E-state index in [0.29, 0.717) is 29.5 Å². The molecule has 3 rings (SSSR count). The van der Waals surface area contributed by atoms with Crippen LogP contribution < -0.4 is 9.47 Å². The zero-order chi connectivity index (χ0) is 21.5. The molecule has 0 spiro atoms. The molecule has 0 fully saturated rings. The number of aliphatic carboxylic acids is 1. The first kappa shape index (κ1) is 20.6. The van der Waals surface area contributed by atoms with Crippen molar-refractivity contribution in [3.63, 3.8) is 0 Å². The highest BCUT2D eigenvalue weighted by Crippen LogP contribution is 2.30. The van der Waals surface area contributed by atoms with E-state index in [1.54, 1.807) is 36.5 Å². The Labute approximate surface area is 174 Å². The Morgan fingerprint density at radius 1 is 1.13 bits per heavy atom. The zero-order valence-corrected chi connectivity index (χ0v) is 16.6. The molecule has 150 valence electrons. The number of carboxylic acids is 1. The van der Waals surface area contributed by atoms with Crippen molar-refractivity contribution >= 4 is 12.0 Å². The molecular formula is C24H20N2O4. The first-order chi connectivity index (χ1) is 14.4. The minimum Gasteiger partial charge on any atom is -0.487 e. The van der Waals surface area contributed by atoms with Crippen molar-refractivity contribution < 1.29 is 19.4 Å². The minimum absolute atomic E-state index is 0.372. The van der Waals surface area contributed by atoms with Gasteiger partial charge in [-0.05, 0) is 72.5 Å². The van der Waals surface area contributed by atoms with Gasteiger partial charge in [-0.15, -0.1) is 0 Å². The number of pyridine rings is 1. The van der Waals surface area contributed by atoms with E-state index in [9.17, 15) is 4.79 Å². The Morgan fingerprint density at radius 2 is 1.83 bits per heavy atom. The molecule has 0 saturated carbocycles. The van der Waals surface area contributed by atoms with Crippen LogP contribution in [-0.2, 0) is 11.4 Å². The van der Waals surface area contributed by atoms with Gasteiger partial charge in [-0.25, -0.2) is 9.78 Å². The number of rotatable bonds is 7. The Bertz CT molecular complexity index is 1090. The van der Waals surface area contributed by atoms with Crippen molar-refractivity contribution in [3.8, 4) is 23.4 Å². The normalized spacial score (nSPS) is 10.6. The number of carbonyl (C=O) groups is 1. The topological polar surface area (TPSA) is 92.4 Å². The number of aryl methyl sites for hydroxylation is 2. The van der Waals surface area contributed by atoms with Crippen molar-refractivity contribution in [2.45, 2.75) is 20.5 Å². The number of nitriles is 1. The van der Waals surface area contributed by atoms with E-state index in [-0.39, 0.29) is 0 Å². The molecule has 1 aromatic heterocycles. The molecule has 0 unspecified atom stereocenters. The van der Waals surface area contributed by atoms with Gasteiger partial charge in [0, 0.05) is 12.1 Å². The van der Waals surface area contributed by atoms with Gasteiger partial charge in [0.1, 0.15) is 18.1 Å². The van der Waals surface area contributed by atoms with Crippen LogP contribution >= 0.6 is 0 Å². The second-order valence-electron chi connectivity index (χ2n) is 6.69. The van der Waals surface area contributed by atoms with Gasteiger partial charge in [0.15, 0.2) is 0 Å². The molecule has 30 heavy (non-hydrogen) atoms. The Morgan fingerprint density at radius 3 is 2.40 bits per heavy atom. The molecule has 1 heterocycles. The van der Waals surface area contributed by atoms with E-state index in [4.69, 9.17) is 19.8 Å². The van der Waals surface area contributed by atoms with Crippen LogP contribution in [0.3, 0.4) is 0 Å². The van der Waals surface area contributed by atoms with Crippen molar-refractivity contribution in [1.82, 2.24) is 4.98 Å². The molecule has 0 atom stereocenters. The summed E-state index contributed by atoms with van der Waals surface area (Å²) >= 11 is 0. The lowest BCUT2D eigenvalue weighted by Gasteiger charge is -2.13. The fraction of sp³-hybridized carbons (Fsp3) is 0.125. The third kappa shape index (κ3) is 5.46. The van der Waals surface area contributed by atoms with Crippen LogP contribution in [0.2, 0.25) is 0 Å². The number of ether oxygens (including phenoxy) is 2. The van der Waals surface area contributed by atoms with Gasteiger partial charge in [0.2, 0.25) is 5.88 Å². The molecule has 2 aromatic carbocycles. The van der Waals surface area contributed by atoms with Crippen molar-refractivity contribution in [2.75, 3.05) is 0 Å². The smallest absolute Gasteiger partial charge is 0.328 e. The van der Waals surface area contributed by atoms with Crippen LogP contribution in [0.4, 0.5) is 0 Å². The highest BCUT2D eigenvalue weighted by Gasteiger charge is 2.08. The maximum absolute atomic E-state index is 10.7. The summed E-state index contributed by atoms with van der Waals surface area (Å²) in [5, 5.41) is 17.6. The van der Waals surface area contributed by atoms with Crippen molar-refractivity contribution in [3.05, 3.63) is 88.6 Å². The van der Waals surface area contributed by atoms with E-state index in [2.05, 4.69) is 11.1 Å². The second kappa shape index (κ2) is 9.39. The fourth-order valence-electron chi connectivity index (χ4n) is 2.87.